The van der Waals surface area contributed by atoms with Crippen LogP contribution >= 0.6 is 0 Å². The van der Waals surface area contributed by atoms with E-state index in [-0.39, 0.29) is 24.4 Å². The summed E-state index contributed by atoms with van der Waals surface area (Å²) in [5, 5.41) is 14.6. The quantitative estimate of drug-likeness (QED) is 0.669. The number of likely N-dealkylation sites (tertiary alicyclic amines) is 1. The first-order chi connectivity index (χ1) is 15.8. The van der Waals surface area contributed by atoms with Crippen LogP contribution < -0.4 is 14.8 Å². The molecule has 2 aromatic carbocycles. The minimum absolute atomic E-state index is 0.0428. The van der Waals surface area contributed by atoms with Crippen molar-refractivity contribution in [2.24, 2.45) is 5.92 Å². The highest BCUT2D eigenvalue weighted by atomic mass is 16.5. The van der Waals surface area contributed by atoms with Crippen molar-refractivity contribution in [1.82, 2.24) is 4.90 Å². The van der Waals surface area contributed by atoms with Crippen LogP contribution in [0.5, 0.6) is 11.5 Å². The van der Waals surface area contributed by atoms with E-state index in [0.717, 1.165) is 59.6 Å². The Kier molecular flexibility index (Phi) is 6.96. The molecule has 6 nitrogen and oxygen atoms in total. The van der Waals surface area contributed by atoms with Crippen LogP contribution in [-0.4, -0.2) is 48.8 Å². The van der Waals surface area contributed by atoms with Gasteiger partial charge in [-0.2, -0.15) is 0 Å². The number of aryl methyl sites for hydroxylation is 2. The fourth-order valence-corrected chi connectivity index (χ4v) is 5.83. The summed E-state index contributed by atoms with van der Waals surface area (Å²) in [6.45, 7) is 4.99. The van der Waals surface area contributed by atoms with Crippen LogP contribution in [0.1, 0.15) is 54.8 Å². The van der Waals surface area contributed by atoms with Crippen molar-refractivity contribution in [3.63, 3.8) is 0 Å². The van der Waals surface area contributed by atoms with Crippen molar-refractivity contribution in [1.29, 1.82) is 0 Å². The van der Waals surface area contributed by atoms with Gasteiger partial charge in [-0.05, 0) is 62.4 Å². The van der Waals surface area contributed by atoms with E-state index in [4.69, 9.17) is 9.47 Å². The van der Waals surface area contributed by atoms with E-state index in [9.17, 15) is 9.90 Å². The van der Waals surface area contributed by atoms with E-state index < -0.39 is 5.60 Å². The molecule has 0 aromatic heterocycles. The number of rotatable bonds is 6. The van der Waals surface area contributed by atoms with Gasteiger partial charge in [-0.1, -0.05) is 25.0 Å². The first kappa shape index (κ1) is 23.6. The van der Waals surface area contributed by atoms with Crippen molar-refractivity contribution >= 4 is 11.6 Å². The zero-order chi connectivity index (χ0) is 23.6. The van der Waals surface area contributed by atoms with Crippen LogP contribution in [0.4, 0.5) is 5.69 Å². The molecule has 1 aliphatic carbocycles. The zero-order valence-corrected chi connectivity index (χ0v) is 20.2. The average molecular weight is 453 g/mol. The predicted molar refractivity (Wildman–Crippen MR) is 130 cm³/mol. The molecule has 2 aromatic rings. The topological polar surface area (TPSA) is 71.0 Å². The molecule has 1 aliphatic heterocycles. The van der Waals surface area contributed by atoms with Crippen molar-refractivity contribution < 1.29 is 19.4 Å². The average Bonchev–Trinajstić information content (AvgIpc) is 2.78. The number of carbonyl (C=O) groups is 1. The second-order valence-electron chi connectivity index (χ2n) is 9.65. The van der Waals surface area contributed by atoms with E-state index in [1.54, 1.807) is 14.2 Å². The number of amides is 1. The Morgan fingerprint density at radius 2 is 1.85 bits per heavy atom. The summed E-state index contributed by atoms with van der Waals surface area (Å²) in [6.07, 6.45) is 4.57. The number of hydrogen-bond donors (Lipinski definition) is 2. The number of nitrogens with one attached hydrogen (secondary N) is 1. The highest BCUT2D eigenvalue weighted by molar-refractivity contribution is 5.92. The maximum Gasteiger partial charge on any atom is 0.238 e. The third-order valence-electron chi connectivity index (χ3n) is 7.28. The summed E-state index contributed by atoms with van der Waals surface area (Å²) in [4.78, 5) is 15.3. The molecule has 33 heavy (non-hydrogen) atoms. The van der Waals surface area contributed by atoms with Crippen molar-refractivity contribution in [2.45, 2.75) is 57.6 Å². The molecule has 0 radical (unpaired) electrons. The molecule has 1 heterocycles. The van der Waals surface area contributed by atoms with Gasteiger partial charge < -0.3 is 19.9 Å². The van der Waals surface area contributed by atoms with Crippen LogP contribution in [0.3, 0.4) is 0 Å². The Morgan fingerprint density at radius 1 is 1.09 bits per heavy atom. The van der Waals surface area contributed by atoms with Crippen molar-refractivity contribution in [2.75, 3.05) is 32.6 Å². The first-order valence-corrected chi connectivity index (χ1v) is 11.9. The molecule has 4 rings (SSSR count). The Labute approximate surface area is 196 Å². The summed E-state index contributed by atoms with van der Waals surface area (Å²) in [5.74, 6) is 1.47. The van der Waals surface area contributed by atoms with E-state index in [0.29, 0.717) is 13.0 Å². The molecule has 0 spiro atoms. The highest BCUT2D eigenvalue weighted by Gasteiger charge is 2.49. The molecule has 0 bridgehead atoms. The normalized spacial score (nSPS) is 25.2. The minimum atomic E-state index is -0.700. The van der Waals surface area contributed by atoms with Gasteiger partial charge in [0.25, 0.3) is 0 Å². The zero-order valence-electron chi connectivity index (χ0n) is 20.2. The molecular weight excluding hydrogens is 416 g/mol. The van der Waals surface area contributed by atoms with Crippen LogP contribution in [0.15, 0.2) is 36.4 Å². The summed E-state index contributed by atoms with van der Waals surface area (Å²) in [5.41, 5.74) is 3.37. The Hall–Kier alpha value is -2.57. The van der Waals surface area contributed by atoms with Gasteiger partial charge >= 0.3 is 0 Å². The predicted octanol–water partition coefficient (Wildman–Crippen LogP) is 4.63. The molecule has 3 atom stereocenters. The number of carbonyl (C=O) groups excluding carboxylic acids is 1. The van der Waals surface area contributed by atoms with E-state index in [2.05, 4.69) is 16.3 Å². The number of fused-ring (bicyclic) bond motifs is 1. The number of aliphatic hydroxyl groups is 1. The van der Waals surface area contributed by atoms with Crippen LogP contribution in [0.2, 0.25) is 0 Å². The Bertz CT molecular complexity index is 987. The lowest BCUT2D eigenvalue weighted by molar-refractivity contribution is -0.135. The molecule has 1 saturated heterocycles. The summed E-state index contributed by atoms with van der Waals surface area (Å²) in [7, 11) is 3.30. The molecule has 6 heteroatoms. The maximum atomic E-state index is 13.1. The molecule has 178 valence electrons. The van der Waals surface area contributed by atoms with Crippen LogP contribution in [0, 0.1) is 19.8 Å². The molecular formula is C27H36N2O4. The monoisotopic (exact) mass is 452 g/mol. The largest absolute Gasteiger partial charge is 0.497 e. The number of anilines is 1. The standard InChI is InChI=1S/C27H36N2O4/c1-18-13-19(2)15-20(14-18)28-25(30)17-29-12-11-27(31)10-6-5-7-23(27)26(29)22-9-8-21(32-3)16-24(22)33-4/h8-9,13-16,23,26,31H,5-7,10-12,17H2,1-4H3,(H,28,30)/t23-,26-,27+/m0/s1. The van der Waals surface area contributed by atoms with Crippen LogP contribution in [-0.2, 0) is 4.79 Å². The number of ether oxygens (including phenoxy) is 2. The lowest BCUT2D eigenvalue weighted by Crippen LogP contribution is -2.56. The molecule has 2 N–H and O–H groups in total. The number of methoxy groups -OCH3 is 2. The number of benzene rings is 2. The third kappa shape index (κ3) is 5.02. The molecule has 2 aliphatic rings. The van der Waals surface area contributed by atoms with Gasteiger partial charge in [0.2, 0.25) is 5.91 Å². The van der Waals surface area contributed by atoms with Gasteiger partial charge in [0.15, 0.2) is 0 Å². The van der Waals surface area contributed by atoms with Gasteiger partial charge in [0.05, 0.1) is 26.4 Å². The SMILES string of the molecule is COc1ccc([C@H]2[C@@H]3CCCC[C@@]3(O)CCN2CC(=O)Nc2cc(C)cc(C)c2)c(OC)c1. The molecule has 2 fully saturated rings. The van der Waals surface area contributed by atoms with Gasteiger partial charge in [0, 0.05) is 35.8 Å². The summed E-state index contributed by atoms with van der Waals surface area (Å²) in [6, 6.07) is 11.8. The summed E-state index contributed by atoms with van der Waals surface area (Å²) >= 11 is 0. The van der Waals surface area contributed by atoms with Gasteiger partial charge in [-0.3, -0.25) is 9.69 Å². The molecule has 0 unspecified atom stereocenters. The van der Waals surface area contributed by atoms with Crippen molar-refractivity contribution in [3.05, 3.63) is 53.1 Å². The lowest BCUT2D eigenvalue weighted by Gasteiger charge is -2.52. The highest BCUT2D eigenvalue weighted by Crippen LogP contribution is 2.51. The Balaban J connectivity index is 1.63. The van der Waals surface area contributed by atoms with Gasteiger partial charge in [-0.25, -0.2) is 0 Å². The minimum Gasteiger partial charge on any atom is -0.497 e. The smallest absolute Gasteiger partial charge is 0.238 e. The first-order valence-electron chi connectivity index (χ1n) is 11.9. The van der Waals surface area contributed by atoms with E-state index in [1.807, 2.05) is 44.2 Å². The second kappa shape index (κ2) is 9.74. The molecule has 1 amide bonds. The van der Waals surface area contributed by atoms with Gasteiger partial charge in [0.1, 0.15) is 11.5 Å². The summed E-state index contributed by atoms with van der Waals surface area (Å²) < 4.78 is 11.1. The fraction of sp³-hybridized carbons (Fsp3) is 0.519. The van der Waals surface area contributed by atoms with Crippen LogP contribution in [0.25, 0.3) is 0 Å². The third-order valence-corrected chi connectivity index (χ3v) is 7.28. The fourth-order valence-electron chi connectivity index (χ4n) is 5.83. The lowest BCUT2D eigenvalue weighted by atomic mass is 9.66. The van der Waals surface area contributed by atoms with E-state index in [1.165, 1.54) is 0 Å². The van der Waals surface area contributed by atoms with Crippen molar-refractivity contribution in [3.8, 4) is 11.5 Å². The number of piperidine rings is 1. The number of hydrogen-bond acceptors (Lipinski definition) is 5. The number of nitrogens with zero attached hydrogens (tertiary/aromatic N) is 1. The second-order valence-corrected chi connectivity index (χ2v) is 9.65. The van der Waals surface area contributed by atoms with E-state index >= 15 is 0 Å². The van der Waals surface area contributed by atoms with Gasteiger partial charge in [-0.15, -0.1) is 0 Å². The maximum absolute atomic E-state index is 13.1. The molecule has 1 saturated carbocycles. The Morgan fingerprint density at radius 3 is 2.55 bits per heavy atom.